The largest absolute Gasteiger partial charge is 0.444 e. The van der Waals surface area contributed by atoms with Gasteiger partial charge in [0.25, 0.3) is 5.91 Å². The van der Waals surface area contributed by atoms with Gasteiger partial charge in [0.2, 0.25) is 0 Å². The summed E-state index contributed by atoms with van der Waals surface area (Å²) < 4.78 is 10.8. The van der Waals surface area contributed by atoms with Crippen LogP contribution in [0, 0.1) is 0 Å². The summed E-state index contributed by atoms with van der Waals surface area (Å²) in [6.45, 7) is 8.65. The number of nitrogens with two attached hydrogens (primary N) is 1. The van der Waals surface area contributed by atoms with Gasteiger partial charge in [0, 0.05) is 43.1 Å². The minimum absolute atomic E-state index is 0.0445. The van der Waals surface area contributed by atoms with Crippen LogP contribution in [0.1, 0.15) is 43.2 Å². The number of hydrogen-bond acceptors (Lipinski definition) is 10. The van der Waals surface area contributed by atoms with Gasteiger partial charge in [-0.3, -0.25) is 9.78 Å². The zero-order chi connectivity index (χ0) is 29.0. The molecule has 1 unspecified atom stereocenters. The first-order chi connectivity index (χ1) is 19.7. The standard InChI is InChI=1S/C29H36N8O4/c1-29(2,3)41-28(39)33-15-20-6-4-18-14-19(5-7-21(18)34-20)22-17-32-26(30)25(35-22)27(38)36-23-16-31-9-8-24(23)37-10-12-40-13-11-37/h5,7-9,14,16-17,20,34H,4,6,10-13,15H2,1-3H3,(H2,30,32)(H,33,39)(H,36,38). The molecule has 1 aromatic carbocycles. The van der Waals surface area contributed by atoms with Gasteiger partial charge in [0.05, 0.1) is 42.7 Å². The maximum Gasteiger partial charge on any atom is 0.407 e. The Bertz CT molecular complexity index is 1420. The average molecular weight is 561 g/mol. The second kappa shape index (κ2) is 12.0. The molecule has 2 aromatic heterocycles. The van der Waals surface area contributed by atoms with Gasteiger partial charge in [-0.25, -0.2) is 14.8 Å². The summed E-state index contributed by atoms with van der Waals surface area (Å²) in [4.78, 5) is 40.5. The molecule has 216 valence electrons. The molecule has 2 amide bonds. The second-order valence-electron chi connectivity index (χ2n) is 11.1. The molecule has 5 rings (SSSR count). The smallest absolute Gasteiger partial charge is 0.407 e. The van der Waals surface area contributed by atoms with Gasteiger partial charge in [-0.1, -0.05) is 6.07 Å². The first-order valence-electron chi connectivity index (χ1n) is 13.7. The zero-order valence-corrected chi connectivity index (χ0v) is 23.6. The number of aryl methyl sites for hydroxylation is 1. The van der Waals surface area contributed by atoms with Gasteiger partial charge in [-0.15, -0.1) is 0 Å². The lowest BCUT2D eigenvalue weighted by Crippen LogP contribution is -2.41. The number of carbonyl (C=O) groups excluding carboxylic acids is 2. The lowest BCUT2D eigenvalue weighted by Gasteiger charge is -2.30. The predicted molar refractivity (Wildman–Crippen MR) is 157 cm³/mol. The van der Waals surface area contributed by atoms with Crippen LogP contribution in [0.5, 0.6) is 0 Å². The van der Waals surface area contributed by atoms with E-state index < -0.39 is 17.6 Å². The number of pyridine rings is 1. The van der Waals surface area contributed by atoms with E-state index in [-0.39, 0.29) is 17.6 Å². The summed E-state index contributed by atoms with van der Waals surface area (Å²) in [7, 11) is 0. The number of ether oxygens (including phenoxy) is 2. The molecule has 2 aliphatic rings. The highest BCUT2D eigenvalue weighted by molar-refractivity contribution is 6.07. The van der Waals surface area contributed by atoms with Gasteiger partial charge >= 0.3 is 6.09 Å². The summed E-state index contributed by atoms with van der Waals surface area (Å²) in [5, 5.41) is 9.23. The van der Waals surface area contributed by atoms with Gasteiger partial charge in [0.1, 0.15) is 5.60 Å². The van der Waals surface area contributed by atoms with Crippen molar-refractivity contribution < 1.29 is 19.1 Å². The van der Waals surface area contributed by atoms with Gasteiger partial charge in [-0.05, 0) is 57.4 Å². The predicted octanol–water partition coefficient (Wildman–Crippen LogP) is 3.46. The third kappa shape index (κ3) is 7.01. The molecule has 12 nitrogen and oxygen atoms in total. The van der Waals surface area contributed by atoms with Gasteiger partial charge < -0.3 is 36.1 Å². The quantitative estimate of drug-likeness (QED) is 0.352. The van der Waals surface area contributed by atoms with Crippen LogP contribution in [0.4, 0.5) is 27.7 Å². The highest BCUT2D eigenvalue weighted by atomic mass is 16.6. The number of nitrogens with one attached hydrogen (secondary N) is 3. The monoisotopic (exact) mass is 560 g/mol. The van der Waals surface area contributed by atoms with E-state index in [1.165, 1.54) is 0 Å². The van der Waals surface area contributed by atoms with E-state index >= 15 is 0 Å². The first kappa shape index (κ1) is 28.1. The number of benzene rings is 1. The van der Waals surface area contributed by atoms with Gasteiger partial charge in [0.15, 0.2) is 11.5 Å². The Labute approximate surface area is 239 Å². The van der Waals surface area contributed by atoms with Crippen LogP contribution in [0.3, 0.4) is 0 Å². The van der Waals surface area contributed by atoms with Crippen LogP contribution in [-0.4, -0.2) is 71.4 Å². The number of nitrogen functional groups attached to an aromatic ring is 1. The number of carbonyl (C=O) groups is 2. The molecule has 1 fully saturated rings. The zero-order valence-electron chi connectivity index (χ0n) is 23.6. The molecule has 0 spiro atoms. The molecule has 4 heterocycles. The third-order valence-corrected chi connectivity index (χ3v) is 6.83. The molecule has 1 saturated heterocycles. The van der Waals surface area contributed by atoms with E-state index in [9.17, 15) is 9.59 Å². The van der Waals surface area contributed by atoms with E-state index in [0.29, 0.717) is 31.1 Å². The number of morpholine rings is 1. The molecular weight excluding hydrogens is 524 g/mol. The van der Waals surface area contributed by atoms with E-state index in [1.807, 2.05) is 45.0 Å². The number of aromatic nitrogens is 3. The SMILES string of the molecule is CC(C)(C)OC(=O)NCC1CCc2cc(-c3cnc(N)c(C(=O)Nc4cnccc4N4CCOCC4)n3)ccc2N1. The molecular formula is C29H36N8O4. The maximum absolute atomic E-state index is 13.3. The van der Waals surface area contributed by atoms with Crippen LogP contribution in [0.25, 0.3) is 11.3 Å². The fraction of sp³-hybridized carbons (Fsp3) is 0.414. The second-order valence-corrected chi connectivity index (χ2v) is 11.1. The Balaban J connectivity index is 1.27. The molecule has 0 aliphatic carbocycles. The maximum atomic E-state index is 13.3. The van der Waals surface area contributed by atoms with Crippen LogP contribution in [0.2, 0.25) is 0 Å². The van der Waals surface area contributed by atoms with Crippen molar-refractivity contribution in [3.63, 3.8) is 0 Å². The van der Waals surface area contributed by atoms with Crippen molar-refractivity contribution in [2.45, 2.75) is 45.3 Å². The lowest BCUT2D eigenvalue weighted by atomic mass is 9.95. The van der Waals surface area contributed by atoms with Crippen molar-refractivity contribution >= 4 is 34.9 Å². The molecule has 2 aliphatic heterocycles. The number of alkyl carbamates (subject to hydrolysis) is 1. The van der Waals surface area contributed by atoms with E-state index in [0.717, 1.165) is 48.4 Å². The fourth-order valence-electron chi connectivity index (χ4n) is 4.85. The van der Waals surface area contributed by atoms with Crippen LogP contribution in [0.15, 0.2) is 42.9 Å². The van der Waals surface area contributed by atoms with E-state index in [1.54, 1.807) is 18.6 Å². The van der Waals surface area contributed by atoms with Crippen molar-refractivity contribution in [3.8, 4) is 11.3 Å². The Kier molecular flexibility index (Phi) is 8.20. The van der Waals surface area contributed by atoms with Crippen molar-refractivity contribution in [3.05, 3.63) is 54.1 Å². The topological polar surface area (TPSA) is 157 Å². The van der Waals surface area contributed by atoms with Crippen LogP contribution < -0.4 is 26.6 Å². The molecule has 5 N–H and O–H groups in total. The number of amides is 2. The number of fused-ring (bicyclic) bond motifs is 1. The van der Waals surface area contributed by atoms with Crippen LogP contribution >= 0.6 is 0 Å². The summed E-state index contributed by atoms with van der Waals surface area (Å²) >= 11 is 0. The Morgan fingerprint density at radius 3 is 2.78 bits per heavy atom. The number of anilines is 4. The van der Waals surface area contributed by atoms with Crippen molar-refractivity contribution in [1.82, 2.24) is 20.3 Å². The first-order valence-corrected chi connectivity index (χ1v) is 13.7. The third-order valence-electron chi connectivity index (χ3n) is 6.83. The highest BCUT2D eigenvalue weighted by Gasteiger charge is 2.23. The summed E-state index contributed by atoms with van der Waals surface area (Å²) in [6.07, 6.45) is 6.11. The molecule has 1 atom stereocenters. The minimum atomic E-state index is -0.538. The van der Waals surface area contributed by atoms with E-state index in [2.05, 4.69) is 35.8 Å². The van der Waals surface area contributed by atoms with Crippen molar-refractivity contribution in [2.75, 3.05) is 54.1 Å². The molecule has 41 heavy (non-hydrogen) atoms. The summed E-state index contributed by atoms with van der Waals surface area (Å²) in [5.74, 6) is -0.415. The average Bonchev–Trinajstić information content (AvgIpc) is 2.96. The number of nitrogens with zero attached hydrogens (tertiary/aromatic N) is 4. The van der Waals surface area contributed by atoms with Crippen molar-refractivity contribution in [2.24, 2.45) is 0 Å². The summed E-state index contributed by atoms with van der Waals surface area (Å²) in [6, 6.07) is 7.90. The number of rotatable bonds is 6. The number of hydrogen-bond donors (Lipinski definition) is 4. The minimum Gasteiger partial charge on any atom is -0.444 e. The van der Waals surface area contributed by atoms with Crippen molar-refractivity contribution in [1.29, 1.82) is 0 Å². The van der Waals surface area contributed by atoms with Crippen LogP contribution in [-0.2, 0) is 15.9 Å². The Hall–Kier alpha value is -4.45. The molecule has 0 saturated carbocycles. The van der Waals surface area contributed by atoms with E-state index in [4.69, 9.17) is 15.2 Å². The Morgan fingerprint density at radius 1 is 1.20 bits per heavy atom. The summed E-state index contributed by atoms with van der Waals surface area (Å²) in [5.41, 5.74) is 10.5. The molecule has 0 radical (unpaired) electrons. The molecule has 3 aromatic rings. The van der Waals surface area contributed by atoms with Gasteiger partial charge in [-0.2, -0.15) is 0 Å². The lowest BCUT2D eigenvalue weighted by molar-refractivity contribution is 0.0525. The highest BCUT2D eigenvalue weighted by Crippen LogP contribution is 2.30. The Morgan fingerprint density at radius 2 is 2.00 bits per heavy atom. The molecule has 12 heteroatoms. The normalized spacial score (nSPS) is 16.8. The fourth-order valence-corrected chi connectivity index (χ4v) is 4.85. The molecule has 0 bridgehead atoms.